The van der Waals surface area contributed by atoms with Gasteiger partial charge in [-0.15, -0.1) is 0 Å². The van der Waals surface area contributed by atoms with Crippen LogP contribution in [0.3, 0.4) is 0 Å². The van der Waals surface area contributed by atoms with Crippen molar-refractivity contribution < 1.29 is 9.90 Å². The molecule has 0 bridgehead atoms. The van der Waals surface area contributed by atoms with Gasteiger partial charge >= 0.3 is 5.97 Å². The maximum Gasteiger partial charge on any atom is 0.338 e. The Morgan fingerprint density at radius 2 is 1.80 bits per heavy atom. The molecular weight excluding hydrogens is 292 g/mol. The first-order valence-electron chi connectivity index (χ1n) is 6.28. The molecule has 0 saturated carbocycles. The molecule has 0 saturated heterocycles. The molecule has 20 heavy (non-hydrogen) atoms. The molecule has 0 aliphatic carbocycles. The third-order valence-electron chi connectivity index (χ3n) is 2.96. The van der Waals surface area contributed by atoms with Gasteiger partial charge in [0.05, 0.1) is 10.6 Å². The lowest BCUT2D eigenvalue weighted by Gasteiger charge is -2.09. The Labute approximate surface area is 127 Å². The van der Waals surface area contributed by atoms with Crippen LogP contribution in [0.2, 0.25) is 5.02 Å². The summed E-state index contributed by atoms with van der Waals surface area (Å²) in [6.07, 6.45) is 0. The number of carboxylic acids is 1. The maximum absolute atomic E-state index is 11.3. The highest BCUT2D eigenvalue weighted by Crippen LogP contribution is 2.34. The molecule has 0 unspecified atom stereocenters. The lowest BCUT2D eigenvalue weighted by molar-refractivity contribution is 0.0693. The molecule has 0 aromatic heterocycles. The monoisotopic (exact) mass is 306 g/mol. The van der Waals surface area contributed by atoms with Crippen LogP contribution < -0.4 is 0 Å². The van der Waals surface area contributed by atoms with Crippen LogP contribution in [0, 0.1) is 0 Å². The smallest absolute Gasteiger partial charge is 0.338 e. The van der Waals surface area contributed by atoms with Crippen molar-refractivity contribution in [3.8, 4) is 0 Å². The van der Waals surface area contributed by atoms with Gasteiger partial charge in [0, 0.05) is 9.79 Å². The lowest BCUT2D eigenvalue weighted by Crippen LogP contribution is -1.99. The highest BCUT2D eigenvalue weighted by Gasteiger charge is 2.15. The average Bonchev–Trinajstić information content (AvgIpc) is 2.39. The summed E-state index contributed by atoms with van der Waals surface area (Å²) in [6.45, 7) is 4.28. The van der Waals surface area contributed by atoms with E-state index >= 15 is 0 Å². The molecule has 0 heterocycles. The number of hydrogen-bond donors (Lipinski definition) is 1. The predicted molar refractivity (Wildman–Crippen MR) is 83.1 cm³/mol. The normalized spacial score (nSPS) is 10.8. The van der Waals surface area contributed by atoms with Gasteiger partial charge in [-0.2, -0.15) is 0 Å². The zero-order valence-electron chi connectivity index (χ0n) is 11.3. The fraction of sp³-hybridized carbons (Fsp3) is 0.188. The molecule has 4 heteroatoms. The second-order valence-electron chi connectivity index (χ2n) is 4.74. The van der Waals surface area contributed by atoms with Crippen LogP contribution in [0.4, 0.5) is 0 Å². The molecule has 104 valence electrons. The van der Waals surface area contributed by atoms with E-state index in [2.05, 4.69) is 26.0 Å². The molecule has 0 radical (unpaired) electrons. The number of aromatic carboxylic acids is 1. The van der Waals surface area contributed by atoms with Crippen molar-refractivity contribution in [2.45, 2.75) is 29.6 Å². The second kappa shape index (κ2) is 6.33. The maximum atomic E-state index is 11.3. The Morgan fingerprint density at radius 1 is 1.15 bits per heavy atom. The molecule has 2 aromatic carbocycles. The van der Waals surface area contributed by atoms with E-state index in [1.54, 1.807) is 18.2 Å². The van der Waals surface area contributed by atoms with Crippen LogP contribution in [0.15, 0.2) is 52.3 Å². The summed E-state index contributed by atoms with van der Waals surface area (Å²) >= 11 is 7.38. The molecule has 0 atom stereocenters. The van der Waals surface area contributed by atoms with Crippen molar-refractivity contribution in [3.05, 3.63) is 58.6 Å². The third-order valence-corrected chi connectivity index (χ3v) is 4.35. The van der Waals surface area contributed by atoms with Gasteiger partial charge in [-0.05, 0) is 35.7 Å². The Hall–Kier alpha value is -1.45. The van der Waals surface area contributed by atoms with Crippen LogP contribution in [0.5, 0.6) is 0 Å². The van der Waals surface area contributed by atoms with E-state index in [9.17, 15) is 9.90 Å². The summed E-state index contributed by atoms with van der Waals surface area (Å²) in [6, 6.07) is 13.3. The molecule has 0 fully saturated rings. The fourth-order valence-corrected chi connectivity index (χ4v) is 3.13. The molecule has 2 rings (SSSR count). The van der Waals surface area contributed by atoms with Gasteiger partial charge in [0.15, 0.2) is 0 Å². The molecular formula is C16H15ClO2S. The largest absolute Gasteiger partial charge is 0.478 e. The van der Waals surface area contributed by atoms with Crippen LogP contribution in [-0.4, -0.2) is 11.1 Å². The molecule has 0 aliphatic rings. The molecule has 0 spiro atoms. The summed E-state index contributed by atoms with van der Waals surface area (Å²) < 4.78 is 0. The SMILES string of the molecule is CC(C)c1ccc(Sc2cccc(Cl)c2C(=O)O)cc1. The summed E-state index contributed by atoms with van der Waals surface area (Å²) in [7, 11) is 0. The number of hydrogen-bond acceptors (Lipinski definition) is 2. The average molecular weight is 307 g/mol. The van der Waals surface area contributed by atoms with Gasteiger partial charge in [0.25, 0.3) is 0 Å². The van der Waals surface area contributed by atoms with Crippen molar-refractivity contribution in [3.63, 3.8) is 0 Å². The first-order valence-corrected chi connectivity index (χ1v) is 7.48. The number of carbonyl (C=O) groups is 1. The van der Waals surface area contributed by atoms with E-state index in [0.29, 0.717) is 10.8 Å². The summed E-state index contributed by atoms with van der Waals surface area (Å²) in [5, 5.41) is 9.51. The molecule has 0 amide bonds. The summed E-state index contributed by atoms with van der Waals surface area (Å²) in [4.78, 5) is 12.9. The lowest BCUT2D eigenvalue weighted by atomic mass is 10.0. The van der Waals surface area contributed by atoms with E-state index in [0.717, 1.165) is 4.90 Å². The Kier molecular flexibility index (Phi) is 4.73. The number of carboxylic acid groups (broad SMARTS) is 1. The van der Waals surface area contributed by atoms with Crippen molar-refractivity contribution in [1.29, 1.82) is 0 Å². The Balaban J connectivity index is 2.30. The first kappa shape index (κ1) is 14.9. The molecule has 1 N–H and O–H groups in total. The van der Waals surface area contributed by atoms with E-state index in [-0.39, 0.29) is 10.6 Å². The zero-order chi connectivity index (χ0) is 14.7. The van der Waals surface area contributed by atoms with Crippen LogP contribution in [-0.2, 0) is 0 Å². The van der Waals surface area contributed by atoms with E-state index in [1.165, 1.54) is 17.3 Å². The zero-order valence-corrected chi connectivity index (χ0v) is 12.8. The van der Waals surface area contributed by atoms with Crippen molar-refractivity contribution in [2.24, 2.45) is 0 Å². The predicted octanol–water partition coefficient (Wildman–Crippen LogP) is 5.31. The first-order chi connectivity index (χ1) is 9.49. The molecule has 2 aromatic rings. The van der Waals surface area contributed by atoms with E-state index in [4.69, 9.17) is 11.6 Å². The quantitative estimate of drug-likeness (QED) is 0.831. The minimum Gasteiger partial charge on any atom is -0.478 e. The van der Waals surface area contributed by atoms with Gasteiger partial charge in [-0.3, -0.25) is 0 Å². The van der Waals surface area contributed by atoms with Crippen molar-refractivity contribution in [2.75, 3.05) is 0 Å². The van der Waals surface area contributed by atoms with Gasteiger partial charge in [0.2, 0.25) is 0 Å². The van der Waals surface area contributed by atoms with Gasteiger partial charge in [-0.1, -0.05) is 55.4 Å². The minimum atomic E-state index is -1.00. The fourth-order valence-electron chi connectivity index (χ4n) is 1.84. The highest BCUT2D eigenvalue weighted by molar-refractivity contribution is 7.99. The standard InChI is InChI=1S/C16H15ClO2S/c1-10(2)11-6-8-12(9-7-11)20-14-5-3-4-13(17)15(14)16(18)19/h3-10H,1-2H3,(H,18,19). The van der Waals surface area contributed by atoms with Crippen molar-refractivity contribution >= 4 is 29.3 Å². The summed E-state index contributed by atoms with van der Waals surface area (Å²) in [5.74, 6) is -0.522. The van der Waals surface area contributed by atoms with E-state index in [1.807, 2.05) is 12.1 Å². The Bertz CT molecular complexity index is 621. The van der Waals surface area contributed by atoms with Gasteiger partial charge < -0.3 is 5.11 Å². The molecule has 2 nitrogen and oxygen atoms in total. The highest BCUT2D eigenvalue weighted by atomic mass is 35.5. The van der Waals surface area contributed by atoms with Gasteiger partial charge in [0.1, 0.15) is 0 Å². The Morgan fingerprint density at radius 3 is 2.35 bits per heavy atom. The van der Waals surface area contributed by atoms with Crippen LogP contribution in [0.25, 0.3) is 0 Å². The van der Waals surface area contributed by atoms with Gasteiger partial charge in [-0.25, -0.2) is 4.79 Å². The summed E-state index contributed by atoms with van der Waals surface area (Å²) in [5.41, 5.74) is 1.42. The number of rotatable bonds is 4. The minimum absolute atomic E-state index is 0.159. The topological polar surface area (TPSA) is 37.3 Å². The second-order valence-corrected chi connectivity index (χ2v) is 6.27. The number of benzene rings is 2. The number of halogens is 1. The molecule has 0 aliphatic heterocycles. The third kappa shape index (κ3) is 3.35. The van der Waals surface area contributed by atoms with Crippen LogP contribution in [0.1, 0.15) is 35.7 Å². The van der Waals surface area contributed by atoms with E-state index < -0.39 is 5.97 Å². The van der Waals surface area contributed by atoms with Crippen LogP contribution >= 0.6 is 23.4 Å². The van der Waals surface area contributed by atoms with Crippen molar-refractivity contribution in [1.82, 2.24) is 0 Å².